The third-order valence-corrected chi connectivity index (χ3v) is 2.43. The Labute approximate surface area is 90.2 Å². The summed E-state index contributed by atoms with van der Waals surface area (Å²) in [5.41, 5.74) is 0.455. The topological polar surface area (TPSA) is 35.5 Å². The van der Waals surface area contributed by atoms with E-state index in [4.69, 9.17) is 4.74 Å². The number of hydrogen-bond acceptors (Lipinski definition) is 3. The van der Waals surface area contributed by atoms with Crippen LogP contribution in [0.5, 0.6) is 5.75 Å². The van der Waals surface area contributed by atoms with Crippen molar-refractivity contribution in [3.8, 4) is 5.75 Å². The highest BCUT2D eigenvalue weighted by molar-refractivity contribution is 14.1. The number of esters is 1. The quantitative estimate of drug-likeness (QED) is 0.618. The van der Waals surface area contributed by atoms with Crippen molar-refractivity contribution in [3.05, 3.63) is 27.3 Å². The van der Waals surface area contributed by atoms with Crippen LogP contribution in [-0.4, -0.2) is 20.2 Å². The highest BCUT2D eigenvalue weighted by atomic mass is 127. The molecule has 3 nitrogen and oxygen atoms in total. The molecule has 0 N–H and O–H groups in total. The Morgan fingerprint density at radius 3 is 2.62 bits per heavy atom. The summed E-state index contributed by atoms with van der Waals surface area (Å²) in [4.78, 5) is 11.2. The average molecular weight is 292 g/mol. The molecule has 70 valence electrons. The zero-order valence-electron chi connectivity index (χ0n) is 7.33. The maximum atomic E-state index is 11.2. The van der Waals surface area contributed by atoms with Gasteiger partial charge < -0.3 is 9.47 Å². The number of methoxy groups -OCH3 is 2. The first kappa shape index (κ1) is 10.3. The fourth-order valence-electron chi connectivity index (χ4n) is 0.987. The molecule has 0 spiro atoms. The molecule has 0 saturated heterocycles. The number of carbonyl (C=O) groups excluding carboxylic acids is 1. The molecule has 1 rings (SSSR count). The van der Waals surface area contributed by atoms with Crippen LogP contribution in [0.25, 0.3) is 0 Å². The molecule has 4 heteroatoms. The summed E-state index contributed by atoms with van der Waals surface area (Å²) in [6.07, 6.45) is 0. The molecule has 0 heterocycles. The minimum absolute atomic E-state index is 0.379. The third kappa shape index (κ3) is 2.12. The van der Waals surface area contributed by atoms with Gasteiger partial charge in [0.15, 0.2) is 0 Å². The van der Waals surface area contributed by atoms with E-state index in [-0.39, 0.29) is 5.97 Å². The summed E-state index contributed by atoms with van der Waals surface area (Å²) in [7, 11) is 2.88. The van der Waals surface area contributed by atoms with Crippen LogP contribution in [0.15, 0.2) is 18.2 Å². The zero-order chi connectivity index (χ0) is 9.84. The molecule has 1 aromatic carbocycles. The Morgan fingerprint density at radius 1 is 1.38 bits per heavy atom. The summed E-state index contributed by atoms with van der Waals surface area (Å²) >= 11 is 2.10. The molecule has 0 saturated carbocycles. The zero-order valence-corrected chi connectivity index (χ0v) is 9.49. The van der Waals surface area contributed by atoms with Crippen molar-refractivity contribution in [3.63, 3.8) is 0 Å². The fraction of sp³-hybridized carbons (Fsp3) is 0.222. The number of ether oxygens (including phenoxy) is 2. The lowest BCUT2D eigenvalue weighted by molar-refractivity contribution is 0.0597. The highest BCUT2D eigenvalue weighted by Crippen LogP contribution is 2.25. The van der Waals surface area contributed by atoms with E-state index < -0.39 is 0 Å². The van der Waals surface area contributed by atoms with Crippen molar-refractivity contribution in [2.75, 3.05) is 14.2 Å². The van der Waals surface area contributed by atoms with Gasteiger partial charge in [0.1, 0.15) is 11.3 Å². The summed E-state index contributed by atoms with van der Waals surface area (Å²) in [5, 5.41) is 0. The van der Waals surface area contributed by atoms with E-state index in [1.54, 1.807) is 12.1 Å². The van der Waals surface area contributed by atoms with E-state index in [2.05, 4.69) is 27.3 Å². The number of rotatable bonds is 2. The lowest BCUT2D eigenvalue weighted by Crippen LogP contribution is -2.04. The van der Waals surface area contributed by atoms with Crippen LogP contribution in [0.1, 0.15) is 10.4 Å². The van der Waals surface area contributed by atoms with Gasteiger partial charge in [-0.2, -0.15) is 0 Å². The molecule has 0 atom stereocenters. The van der Waals surface area contributed by atoms with Gasteiger partial charge in [-0.15, -0.1) is 0 Å². The van der Waals surface area contributed by atoms with Crippen LogP contribution >= 0.6 is 22.6 Å². The van der Waals surface area contributed by atoms with Crippen molar-refractivity contribution in [2.24, 2.45) is 0 Å². The number of para-hydroxylation sites is 1. The lowest BCUT2D eigenvalue weighted by atomic mass is 10.2. The van der Waals surface area contributed by atoms with Crippen LogP contribution in [0, 0.1) is 3.57 Å². The number of carbonyl (C=O) groups is 1. The normalized spacial score (nSPS) is 9.46. The van der Waals surface area contributed by atoms with Gasteiger partial charge in [0, 0.05) is 0 Å². The third-order valence-electron chi connectivity index (χ3n) is 1.58. The molecule has 1 aromatic rings. The Balaban J connectivity index is 3.20. The molecule has 0 amide bonds. The molecule has 0 aliphatic carbocycles. The van der Waals surface area contributed by atoms with Crippen molar-refractivity contribution in [1.82, 2.24) is 0 Å². The molecule has 0 radical (unpaired) electrons. The molecule has 0 aliphatic heterocycles. The Morgan fingerprint density at radius 2 is 2.08 bits per heavy atom. The number of hydrogen-bond donors (Lipinski definition) is 0. The Kier molecular flexibility index (Phi) is 3.53. The van der Waals surface area contributed by atoms with Crippen LogP contribution in [-0.2, 0) is 4.74 Å². The molecule has 0 bridgehead atoms. The standard InChI is InChI=1S/C9H9IO3/c1-12-8-6(9(11)13-2)4-3-5-7(8)10/h3-5H,1-2H3. The van der Waals surface area contributed by atoms with E-state index in [0.717, 1.165) is 3.57 Å². The van der Waals surface area contributed by atoms with Gasteiger partial charge in [0.2, 0.25) is 0 Å². The smallest absolute Gasteiger partial charge is 0.341 e. The van der Waals surface area contributed by atoms with Gasteiger partial charge in [-0.25, -0.2) is 4.79 Å². The Hall–Kier alpha value is -0.780. The number of benzene rings is 1. The van der Waals surface area contributed by atoms with Crippen LogP contribution < -0.4 is 4.74 Å². The largest absolute Gasteiger partial charge is 0.495 e. The van der Waals surface area contributed by atoms with Gasteiger partial charge in [-0.05, 0) is 34.7 Å². The summed E-state index contributed by atoms with van der Waals surface area (Å²) in [6, 6.07) is 5.33. The van der Waals surface area contributed by atoms with Crippen LogP contribution in [0.3, 0.4) is 0 Å². The van der Waals surface area contributed by atoms with E-state index in [0.29, 0.717) is 11.3 Å². The Bertz CT molecular complexity index is 323. The summed E-state index contributed by atoms with van der Waals surface area (Å²) in [6.45, 7) is 0. The second-order valence-corrected chi connectivity index (χ2v) is 3.47. The fourth-order valence-corrected chi connectivity index (χ4v) is 1.71. The van der Waals surface area contributed by atoms with Crippen molar-refractivity contribution in [1.29, 1.82) is 0 Å². The predicted molar refractivity (Wildman–Crippen MR) is 57.1 cm³/mol. The average Bonchev–Trinajstić information content (AvgIpc) is 2.16. The predicted octanol–water partition coefficient (Wildman–Crippen LogP) is 2.09. The number of halogens is 1. The van der Waals surface area contributed by atoms with E-state index in [9.17, 15) is 4.79 Å². The van der Waals surface area contributed by atoms with Crippen molar-refractivity contribution >= 4 is 28.6 Å². The SMILES string of the molecule is COC(=O)c1cccc(I)c1OC. The van der Waals surface area contributed by atoms with Gasteiger partial charge in [0.25, 0.3) is 0 Å². The molecule has 0 aliphatic rings. The second-order valence-electron chi connectivity index (χ2n) is 2.31. The molecule has 13 heavy (non-hydrogen) atoms. The van der Waals surface area contributed by atoms with E-state index in [1.165, 1.54) is 14.2 Å². The van der Waals surface area contributed by atoms with E-state index >= 15 is 0 Å². The first-order valence-electron chi connectivity index (χ1n) is 3.61. The molecule has 0 unspecified atom stereocenters. The molecule has 0 aromatic heterocycles. The second kappa shape index (κ2) is 4.45. The first-order valence-corrected chi connectivity index (χ1v) is 4.69. The maximum Gasteiger partial charge on any atom is 0.341 e. The molecular formula is C9H9IO3. The van der Waals surface area contributed by atoms with Crippen molar-refractivity contribution in [2.45, 2.75) is 0 Å². The molecule has 0 fully saturated rings. The highest BCUT2D eigenvalue weighted by Gasteiger charge is 2.14. The van der Waals surface area contributed by atoms with Gasteiger partial charge >= 0.3 is 5.97 Å². The van der Waals surface area contributed by atoms with Gasteiger partial charge in [-0.3, -0.25) is 0 Å². The van der Waals surface area contributed by atoms with Gasteiger partial charge in [-0.1, -0.05) is 6.07 Å². The first-order chi connectivity index (χ1) is 6.20. The summed E-state index contributed by atoms with van der Waals surface area (Å²) < 4.78 is 10.6. The lowest BCUT2D eigenvalue weighted by Gasteiger charge is -2.07. The molecular weight excluding hydrogens is 283 g/mol. The van der Waals surface area contributed by atoms with Gasteiger partial charge in [0.05, 0.1) is 17.8 Å². The monoisotopic (exact) mass is 292 g/mol. The maximum absolute atomic E-state index is 11.2. The van der Waals surface area contributed by atoms with Crippen molar-refractivity contribution < 1.29 is 14.3 Å². The van der Waals surface area contributed by atoms with Crippen LogP contribution in [0.4, 0.5) is 0 Å². The minimum atomic E-state index is -0.379. The minimum Gasteiger partial charge on any atom is -0.495 e. The summed E-state index contributed by atoms with van der Waals surface area (Å²) in [5.74, 6) is 0.185. The van der Waals surface area contributed by atoms with Crippen LogP contribution in [0.2, 0.25) is 0 Å². The van der Waals surface area contributed by atoms with E-state index in [1.807, 2.05) is 6.07 Å².